The summed E-state index contributed by atoms with van der Waals surface area (Å²) in [6, 6.07) is 6.36. The molecule has 0 radical (unpaired) electrons. The average Bonchev–Trinajstić information content (AvgIpc) is 2.47. The summed E-state index contributed by atoms with van der Waals surface area (Å²) in [5.41, 5.74) is 1.39. The van der Waals surface area contributed by atoms with Gasteiger partial charge in [-0.15, -0.1) is 12.6 Å². The van der Waals surface area contributed by atoms with E-state index in [1.54, 1.807) is 0 Å². The number of aromatic nitrogens is 3. The van der Waals surface area contributed by atoms with E-state index in [0.29, 0.717) is 5.16 Å². The topological polar surface area (TPSA) is 38.7 Å². The molecular weight excluding hydrogens is 350 g/mol. The first-order valence-corrected chi connectivity index (χ1v) is 10.4. The van der Waals surface area contributed by atoms with Crippen LogP contribution in [0.15, 0.2) is 43.5 Å². The molecule has 0 atom stereocenters. The second kappa shape index (κ2) is 7.47. The van der Waals surface area contributed by atoms with Crippen molar-refractivity contribution in [2.75, 3.05) is 12.5 Å². The highest BCUT2D eigenvalue weighted by molar-refractivity contribution is 8.00. The molecule has 1 aromatic carbocycles. The van der Waals surface area contributed by atoms with Gasteiger partial charge >= 0.3 is 0 Å². The lowest BCUT2D eigenvalue weighted by Crippen LogP contribution is -2.10. The van der Waals surface area contributed by atoms with Crippen LogP contribution in [0, 0.1) is 0 Å². The number of hydrogen-bond donors (Lipinski definition) is 1. The Morgan fingerprint density at radius 3 is 1.91 bits per heavy atom. The lowest BCUT2D eigenvalue weighted by atomic mass is 9.87. The van der Waals surface area contributed by atoms with Gasteiger partial charge in [0.2, 0.25) is 0 Å². The number of nitrogens with zero attached hydrogens (tertiary/aromatic N) is 3. The lowest BCUT2D eigenvalue weighted by molar-refractivity contribution is 0.587. The first-order valence-electron chi connectivity index (χ1n) is 6.69. The monoisotopic (exact) mass is 369 g/mol. The Kier molecular flexibility index (Phi) is 6.10. The van der Waals surface area contributed by atoms with Crippen LogP contribution < -0.4 is 0 Å². The van der Waals surface area contributed by atoms with Gasteiger partial charge in [0.15, 0.2) is 15.5 Å². The van der Waals surface area contributed by atoms with Crippen molar-refractivity contribution in [1.29, 1.82) is 0 Å². The van der Waals surface area contributed by atoms with Gasteiger partial charge in [0.1, 0.15) is 0 Å². The zero-order valence-corrected chi connectivity index (χ0v) is 16.6. The van der Waals surface area contributed by atoms with Crippen LogP contribution >= 0.6 is 47.9 Å². The molecule has 118 valence electrons. The van der Waals surface area contributed by atoms with Gasteiger partial charge in [-0.25, -0.2) is 0 Å². The average molecular weight is 370 g/mol. The SMILES string of the molecule is CSc1nc(SC)nc(Sc2ccc(C(C)(C)C)cc2S)n1. The fourth-order valence-corrected chi connectivity index (χ4v) is 3.71. The molecule has 0 N–H and O–H groups in total. The molecule has 7 heteroatoms. The Hall–Kier alpha value is -0.370. The van der Waals surface area contributed by atoms with Crippen LogP contribution in [0.4, 0.5) is 0 Å². The van der Waals surface area contributed by atoms with E-state index in [4.69, 9.17) is 0 Å². The van der Waals surface area contributed by atoms with Crippen molar-refractivity contribution in [3.05, 3.63) is 23.8 Å². The van der Waals surface area contributed by atoms with E-state index in [2.05, 4.69) is 66.6 Å². The van der Waals surface area contributed by atoms with Gasteiger partial charge in [-0.2, -0.15) is 15.0 Å². The van der Waals surface area contributed by atoms with Gasteiger partial charge in [0.05, 0.1) is 0 Å². The van der Waals surface area contributed by atoms with E-state index < -0.39 is 0 Å². The summed E-state index contributed by atoms with van der Waals surface area (Å²) in [4.78, 5) is 15.3. The van der Waals surface area contributed by atoms with Crippen molar-refractivity contribution in [1.82, 2.24) is 15.0 Å². The maximum atomic E-state index is 4.62. The Morgan fingerprint density at radius 1 is 0.909 bits per heavy atom. The number of thiol groups is 1. The fourth-order valence-electron chi connectivity index (χ4n) is 1.72. The zero-order chi connectivity index (χ0) is 16.3. The maximum Gasteiger partial charge on any atom is 0.197 e. The van der Waals surface area contributed by atoms with Crippen molar-refractivity contribution in [3.63, 3.8) is 0 Å². The molecule has 0 saturated carbocycles. The molecule has 0 amide bonds. The normalized spacial score (nSPS) is 11.7. The second-order valence-electron chi connectivity index (χ2n) is 5.63. The molecule has 0 saturated heterocycles. The summed E-state index contributed by atoms with van der Waals surface area (Å²) in [5, 5.41) is 2.20. The smallest absolute Gasteiger partial charge is 0.196 e. The number of thioether (sulfide) groups is 2. The van der Waals surface area contributed by atoms with Gasteiger partial charge in [-0.3, -0.25) is 0 Å². The van der Waals surface area contributed by atoms with Gasteiger partial charge in [0, 0.05) is 9.79 Å². The molecular formula is C15H19N3S4. The molecule has 22 heavy (non-hydrogen) atoms. The minimum absolute atomic E-state index is 0.117. The van der Waals surface area contributed by atoms with E-state index in [9.17, 15) is 0 Å². The second-order valence-corrected chi connectivity index (χ2v) is 8.66. The number of benzene rings is 1. The summed E-state index contributed by atoms with van der Waals surface area (Å²) in [6.07, 6.45) is 3.94. The van der Waals surface area contributed by atoms with E-state index in [1.807, 2.05) is 12.5 Å². The van der Waals surface area contributed by atoms with E-state index in [-0.39, 0.29) is 5.41 Å². The Balaban J connectivity index is 2.31. The third-order valence-electron chi connectivity index (χ3n) is 2.97. The summed E-state index contributed by atoms with van der Waals surface area (Å²) < 4.78 is 0. The fraction of sp³-hybridized carbons (Fsp3) is 0.400. The molecule has 1 aromatic heterocycles. The first kappa shape index (κ1) is 18.0. The van der Waals surface area contributed by atoms with Gasteiger partial charge in [-0.1, -0.05) is 50.4 Å². The lowest BCUT2D eigenvalue weighted by Gasteiger charge is -2.20. The molecule has 0 fully saturated rings. The Morgan fingerprint density at radius 2 is 1.45 bits per heavy atom. The number of hydrogen-bond acceptors (Lipinski definition) is 7. The third kappa shape index (κ3) is 4.57. The number of rotatable bonds is 4. The van der Waals surface area contributed by atoms with Crippen LogP contribution in [0.5, 0.6) is 0 Å². The Labute approximate surface area is 150 Å². The van der Waals surface area contributed by atoms with Crippen molar-refractivity contribution in [3.8, 4) is 0 Å². The molecule has 2 aromatic rings. The zero-order valence-electron chi connectivity index (χ0n) is 13.2. The molecule has 0 aliphatic carbocycles. The van der Waals surface area contributed by atoms with E-state index in [0.717, 1.165) is 20.1 Å². The first-order chi connectivity index (χ1) is 10.3. The predicted molar refractivity (Wildman–Crippen MR) is 99.9 cm³/mol. The minimum atomic E-state index is 0.117. The highest BCUT2D eigenvalue weighted by Gasteiger charge is 2.16. The van der Waals surface area contributed by atoms with Crippen molar-refractivity contribution in [2.24, 2.45) is 0 Å². The van der Waals surface area contributed by atoms with Gasteiger partial charge < -0.3 is 0 Å². The van der Waals surface area contributed by atoms with Crippen LogP contribution in [0.2, 0.25) is 0 Å². The van der Waals surface area contributed by atoms with E-state index in [1.165, 1.54) is 40.8 Å². The standard InChI is InChI=1S/C15H19N3S4/c1-15(2,3)9-6-7-11(10(19)8-9)22-14-17-12(20-4)16-13(18-14)21-5/h6-8,19H,1-5H3. The highest BCUT2D eigenvalue weighted by Crippen LogP contribution is 2.34. The van der Waals surface area contributed by atoms with E-state index >= 15 is 0 Å². The van der Waals surface area contributed by atoms with Crippen molar-refractivity contribution >= 4 is 47.9 Å². The van der Waals surface area contributed by atoms with Crippen LogP contribution in [0.3, 0.4) is 0 Å². The van der Waals surface area contributed by atoms with Crippen LogP contribution in [0.1, 0.15) is 26.3 Å². The van der Waals surface area contributed by atoms with Crippen molar-refractivity contribution < 1.29 is 0 Å². The van der Waals surface area contributed by atoms with Crippen molar-refractivity contribution in [2.45, 2.75) is 51.4 Å². The summed E-state index contributed by atoms with van der Waals surface area (Å²) in [5.74, 6) is 0. The van der Waals surface area contributed by atoms with Gasteiger partial charge in [0.25, 0.3) is 0 Å². The molecule has 1 heterocycles. The minimum Gasteiger partial charge on any atom is -0.196 e. The molecule has 0 spiro atoms. The van der Waals surface area contributed by atoms with Gasteiger partial charge in [-0.05, 0) is 47.4 Å². The molecule has 0 bridgehead atoms. The molecule has 0 aliphatic heterocycles. The van der Waals surface area contributed by atoms with Crippen LogP contribution in [0.25, 0.3) is 0 Å². The maximum absolute atomic E-state index is 4.62. The summed E-state index contributed by atoms with van der Waals surface area (Å²) in [6.45, 7) is 6.59. The molecule has 2 rings (SSSR count). The third-order valence-corrected chi connectivity index (χ3v) is 5.52. The summed E-state index contributed by atoms with van der Waals surface area (Å²) >= 11 is 9.20. The molecule has 0 unspecified atom stereocenters. The largest absolute Gasteiger partial charge is 0.197 e. The predicted octanol–water partition coefficient (Wildman–Crippen LogP) is 5.05. The highest BCUT2D eigenvalue weighted by atomic mass is 32.2. The molecule has 0 aliphatic rings. The quantitative estimate of drug-likeness (QED) is 0.600. The molecule has 3 nitrogen and oxygen atoms in total. The Bertz CT molecular complexity index is 646. The van der Waals surface area contributed by atoms with Crippen LogP contribution in [-0.2, 0) is 5.41 Å². The summed E-state index contributed by atoms with van der Waals surface area (Å²) in [7, 11) is 0. The van der Waals surface area contributed by atoms with Crippen LogP contribution in [-0.4, -0.2) is 27.5 Å².